The van der Waals surface area contributed by atoms with Crippen LogP contribution in [0.15, 0.2) is 18.2 Å². The van der Waals surface area contributed by atoms with E-state index >= 15 is 0 Å². The zero-order valence-corrected chi connectivity index (χ0v) is 13.2. The van der Waals surface area contributed by atoms with Gasteiger partial charge in [-0.15, -0.1) is 0 Å². The second-order valence-electron chi connectivity index (χ2n) is 5.18. The molecule has 2 rings (SSSR count). The molecule has 0 radical (unpaired) electrons. The molecule has 10 heteroatoms. The molecule has 24 heavy (non-hydrogen) atoms. The first kappa shape index (κ1) is 18.4. The van der Waals surface area contributed by atoms with Crippen LogP contribution in [0.2, 0.25) is 5.02 Å². The minimum absolute atomic E-state index is 0.0301. The predicted molar refractivity (Wildman–Crippen MR) is 80.7 cm³/mol. The van der Waals surface area contributed by atoms with Crippen LogP contribution in [-0.2, 0) is 14.3 Å². The normalized spacial score (nSPS) is 29.8. The lowest BCUT2D eigenvalue weighted by molar-refractivity contribution is -0.271. The number of aliphatic hydroxyl groups is 3. The highest BCUT2D eigenvalue weighted by Crippen LogP contribution is 2.31. The molecule has 5 N–H and O–H groups in total. The minimum atomic E-state index is -1.81. The van der Waals surface area contributed by atoms with E-state index in [4.69, 9.17) is 26.2 Å². The number of aliphatic carboxylic acids is 1. The number of carbonyl (C=O) groups is 2. The Bertz CT molecular complexity index is 639. The molecule has 1 fully saturated rings. The van der Waals surface area contributed by atoms with Crippen molar-refractivity contribution in [2.75, 3.05) is 5.32 Å². The molecule has 1 amide bonds. The van der Waals surface area contributed by atoms with Gasteiger partial charge in [-0.25, -0.2) is 4.79 Å². The van der Waals surface area contributed by atoms with Crippen molar-refractivity contribution in [2.24, 2.45) is 0 Å². The van der Waals surface area contributed by atoms with Crippen LogP contribution in [-0.4, -0.2) is 63.0 Å². The van der Waals surface area contributed by atoms with Gasteiger partial charge in [0.05, 0.1) is 5.02 Å². The number of aliphatic hydroxyl groups excluding tert-OH is 3. The monoisotopic (exact) mass is 361 g/mol. The summed E-state index contributed by atoms with van der Waals surface area (Å²) in [6, 6.07) is 4.22. The number of benzene rings is 1. The summed E-state index contributed by atoms with van der Waals surface area (Å²) in [6.45, 7) is 1.32. The molecule has 5 atom stereocenters. The quantitative estimate of drug-likeness (QED) is 0.485. The van der Waals surface area contributed by atoms with E-state index in [2.05, 4.69) is 5.32 Å². The van der Waals surface area contributed by atoms with E-state index in [9.17, 15) is 24.9 Å². The molecule has 0 bridgehead atoms. The van der Waals surface area contributed by atoms with Crippen molar-refractivity contribution in [3.8, 4) is 5.75 Å². The molecule has 1 aliphatic rings. The molecule has 1 heterocycles. The largest absolute Gasteiger partial charge is 0.479 e. The summed E-state index contributed by atoms with van der Waals surface area (Å²) >= 11 is 6.00. The molecule has 1 aliphatic heterocycles. The van der Waals surface area contributed by atoms with E-state index in [-0.39, 0.29) is 16.7 Å². The van der Waals surface area contributed by atoms with Gasteiger partial charge >= 0.3 is 5.97 Å². The number of ether oxygens (including phenoxy) is 2. The Morgan fingerprint density at radius 2 is 1.88 bits per heavy atom. The lowest BCUT2D eigenvalue weighted by Crippen LogP contribution is -2.61. The molecule has 0 aliphatic carbocycles. The summed E-state index contributed by atoms with van der Waals surface area (Å²) in [6.07, 6.45) is -8.61. The molecular formula is C14H16ClNO8. The third-order valence-corrected chi connectivity index (χ3v) is 3.60. The maximum Gasteiger partial charge on any atom is 0.335 e. The van der Waals surface area contributed by atoms with Gasteiger partial charge in [-0.3, -0.25) is 4.79 Å². The summed E-state index contributed by atoms with van der Waals surface area (Å²) in [7, 11) is 0. The SMILES string of the molecule is CC(=O)Nc1ccc(O[C@@H]2O[C@H](C(=O)O)[C@@H](O)[C@H](O)[C@H]2O)c(Cl)c1. The first-order chi connectivity index (χ1) is 11.2. The lowest BCUT2D eigenvalue weighted by Gasteiger charge is -2.38. The number of amides is 1. The van der Waals surface area contributed by atoms with Gasteiger partial charge in [-0.05, 0) is 18.2 Å². The smallest absolute Gasteiger partial charge is 0.335 e. The Balaban J connectivity index is 2.17. The van der Waals surface area contributed by atoms with Crippen molar-refractivity contribution in [1.29, 1.82) is 0 Å². The molecule has 0 unspecified atom stereocenters. The van der Waals surface area contributed by atoms with Crippen molar-refractivity contribution in [3.05, 3.63) is 23.2 Å². The third-order valence-electron chi connectivity index (χ3n) is 3.31. The van der Waals surface area contributed by atoms with Gasteiger partial charge in [-0.1, -0.05) is 11.6 Å². The van der Waals surface area contributed by atoms with Gasteiger partial charge in [0.25, 0.3) is 0 Å². The molecule has 132 valence electrons. The van der Waals surface area contributed by atoms with Gasteiger partial charge in [0.1, 0.15) is 24.1 Å². The number of hydrogen-bond acceptors (Lipinski definition) is 7. The van der Waals surface area contributed by atoms with E-state index in [1.807, 2.05) is 0 Å². The van der Waals surface area contributed by atoms with Crippen LogP contribution in [0.4, 0.5) is 5.69 Å². The minimum Gasteiger partial charge on any atom is -0.479 e. The van der Waals surface area contributed by atoms with Crippen molar-refractivity contribution in [2.45, 2.75) is 37.6 Å². The summed E-state index contributed by atoms with van der Waals surface area (Å²) < 4.78 is 10.3. The fourth-order valence-electron chi connectivity index (χ4n) is 2.15. The van der Waals surface area contributed by atoms with Crippen LogP contribution >= 0.6 is 11.6 Å². The number of hydrogen-bond donors (Lipinski definition) is 5. The number of rotatable bonds is 4. The Morgan fingerprint density at radius 1 is 1.21 bits per heavy atom. The van der Waals surface area contributed by atoms with Crippen LogP contribution < -0.4 is 10.1 Å². The van der Waals surface area contributed by atoms with Crippen molar-refractivity contribution >= 4 is 29.2 Å². The van der Waals surface area contributed by atoms with Crippen LogP contribution in [0.5, 0.6) is 5.75 Å². The highest BCUT2D eigenvalue weighted by atomic mass is 35.5. The molecule has 9 nitrogen and oxygen atoms in total. The van der Waals surface area contributed by atoms with Crippen molar-refractivity contribution in [1.82, 2.24) is 0 Å². The fourth-order valence-corrected chi connectivity index (χ4v) is 2.38. The Labute approximate surface area is 141 Å². The zero-order valence-electron chi connectivity index (χ0n) is 12.4. The molecular weight excluding hydrogens is 346 g/mol. The van der Waals surface area contributed by atoms with Crippen LogP contribution in [0.3, 0.4) is 0 Å². The highest BCUT2D eigenvalue weighted by molar-refractivity contribution is 6.32. The second kappa shape index (κ2) is 7.32. The summed E-state index contributed by atoms with van der Waals surface area (Å²) in [5.74, 6) is -1.79. The molecule has 1 aromatic carbocycles. The van der Waals surface area contributed by atoms with Crippen LogP contribution in [0, 0.1) is 0 Å². The summed E-state index contributed by atoms with van der Waals surface area (Å²) in [4.78, 5) is 22.0. The number of halogens is 1. The van der Waals surface area contributed by atoms with E-state index in [1.54, 1.807) is 0 Å². The summed E-state index contributed by atoms with van der Waals surface area (Å²) in [5.41, 5.74) is 0.406. The number of carboxylic acids is 1. The van der Waals surface area contributed by atoms with E-state index in [0.29, 0.717) is 5.69 Å². The van der Waals surface area contributed by atoms with Gasteiger partial charge in [-0.2, -0.15) is 0 Å². The number of carboxylic acid groups (broad SMARTS) is 1. The maximum absolute atomic E-state index is 11.0. The maximum atomic E-state index is 11.0. The number of carbonyl (C=O) groups excluding carboxylic acids is 1. The molecule has 0 spiro atoms. The second-order valence-corrected chi connectivity index (χ2v) is 5.59. The number of nitrogens with one attached hydrogen (secondary N) is 1. The van der Waals surface area contributed by atoms with E-state index in [0.717, 1.165) is 0 Å². The average Bonchev–Trinajstić information content (AvgIpc) is 2.49. The Morgan fingerprint density at radius 3 is 2.42 bits per heavy atom. The van der Waals surface area contributed by atoms with Crippen LogP contribution in [0.1, 0.15) is 6.92 Å². The van der Waals surface area contributed by atoms with Gasteiger partial charge < -0.3 is 35.2 Å². The lowest BCUT2D eigenvalue weighted by atomic mass is 9.99. The molecule has 0 aromatic heterocycles. The third kappa shape index (κ3) is 3.94. The van der Waals surface area contributed by atoms with Gasteiger partial charge in [0.15, 0.2) is 6.10 Å². The topological polar surface area (TPSA) is 146 Å². The first-order valence-electron chi connectivity index (χ1n) is 6.87. The highest BCUT2D eigenvalue weighted by Gasteiger charge is 2.48. The molecule has 1 saturated heterocycles. The van der Waals surface area contributed by atoms with Crippen LogP contribution in [0.25, 0.3) is 0 Å². The average molecular weight is 362 g/mol. The number of anilines is 1. The Hall–Kier alpha value is -1.91. The zero-order chi connectivity index (χ0) is 18.0. The Kier molecular flexibility index (Phi) is 5.62. The first-order valence-corrected chi connectivity index (χ1v) is 7.24. The summed E-state index contributed by atoms with van der Waals surface area (Å²) in [5, 5.41) is 40.7. The van der Waals surface area contributed by atoms with E-state index < -0.39 is 36.7 Å². The van der Waals surface area contributed by atoms with Crippen molar-refractivity contribution < 1.29 is 39.5 Å². The molecule has 0 saturated carbocycles. The van der Waals surface area contributed by atoms with Gasteiger partial charge in [0, 0.05) is 12.6 Å². The van der Waals surface area contributed by atoms with Crippen molar-refractivity contribution in [3.63, 3.8) is 0 Å². The van der Waals surface area contributed by atoms with Gasteiger partial charge in [0.2, 0.25) is 12.2 Å². The van der Waals surface area contributed by atoms with E-state index in [1.165, 1.54) is 25.1 Å². The fraction of sp³-hybridized carbons (Fsp3) is 0.429. The molecule has 1 aromatic rings. The standard InChI is InChI=1S/C14H16ClNO8/c1-5(17)16-6-2-3-8(7(15)4-6)23-14-11(20)9(18)10(19)12(24-14)13(21)22/h2-4,9-12,14,18-20H,1H3,(H,16,17)(H,21,22)/t9-,10-,11+,12-,14+/m0/s1. The predicted octanol–water partition coefficient (Wildman–Crippen LogP) is -0.431.